The fraction of sp³-hybridized carbons (Fsp3) is 0.417. The van der Waals surface area contributed by atoms with Crippen LogP contribution in [0.1, 0.15) is 36.1 Å². The molecule has 2 aromatic carbocycles. The van der Waals surface area contributed by atoms with Crippen LogP contribution >= 0.6 is 0 Å². The normalized spacial score (nSPS) is 12.5. The zero-order valence-electron chi connectivity index (χ0n) is 18.0. The van der Waals surface area contributed by atoms with E-state index >= 15 is 0 Å². The van der Waals surface area contributed by atoms with Crippen molar-refractivity contribution in [2.45, 2.75) is 52.6 Å². The largest absolute Gasteiger partial charge is 0.310 e. The molecule has 0 aliphatic heterocycles. The SMILES string of the molecule is CN[C@@H](Cc1cccc(C)c1)C(C)=O.CN[C@@H](Cc1ccccc1C)C(C)=O. The zero-order chi connectivity index (χ0) is 21.1. The predicted molar refractivity (Wildman–Crippen MR) is 117 cm³/mol. The lowest BCUT2D eigenvalue weighted by Crippen LogP contribution is -2.34. The van der Waals surface area contributed by atoms with Crippen molar-refractivity contribution >= 4 is 11.6 Å². The molecule has 2 rings (SSSR count). The maximum absolute atomic E-state index is 11.2. The molecule has 4 heteroatoms. The third-order valence-corrected chi connectivity index (χ3v) is 4.89. The standard InChI is InChI=1S/2C12H17NO/c1-9-5-4-6-11(7-9)8-12(13-3)10(2)14;1-9-6-4-5-7-11(9)8-12(13-3)10(2)14/h2*4-7,12-13H,8H2,1-3H3/t2*12-/m00/s1. The molecule has 0 unspecified atom stereocenters. The number of carbonyl (C=O) groups excluding carboxylic acids is 2. The first-order valence-electron chi connectivity index (χ1n) is 9.74. The lowest BCUT2D eigenvalue weighted by atomic mass is 9.99. The molecule has 28 heavy (non-hydrogen) atoms. The number of rotatable bonds is 8. The van der Waals surface area contributed by atoms with E-state index in [9.17, 15) is 9.59 Å². The minimum atomic E-state index is -0.0592. The Bertz CT molecular complexity index is 771. The van der Waals surface area contributed by atoms with Gasteiger partial charge in [0.05, 0.1) is 12.1 Å². The summed E-state index contributed by atoms with van der Waals surface area (Å²) in [6.45, 7) is 7.38. The van der Waals surface area contributed by atoms with Crippen LogP contribution < -0.4 is 10.6 Å². The number of hydrogen-bond acceptors (Lipinski definition) is 4. The van der Waals surface area contributed by atoms with E-state index in [1.807, 2.05) is 32.3 Å². The lowest BCUT2D eigenvalue weighted by Gasteiger charge is -2.13. The highest BCUT2D eigenvalue weighted by Gasteiger charge is 2.13. The molecule has 0 saturated heterocycles. The van der Waals surface area contributed by atoms with Crippen molar-refractivity contribution in [3.05, 3.63) is 70.8 Å². The van der Waals surface area contributed by atoms with E-state index in [0.29, 0.717) is 0 Å². The van der Waals surface area contributed by atoms with E-state index in [1.165, 1.54) is 22.3 Å². The Balaban J connectivity index is 0.000000280. The molecule has 152 valence electrons. The van der Waals surface area contributed by atoms with Gasteiger partial charge in [-0.1, -0.05) is 54.1 Å². The number of nitrogens with one attached hydrogen (secondary N) is 2. The number of ketones is 2. The summed E-state index contributed by atoms with van der Waals surface area (Å²) in [4.78, 5) is 22.4. The summed E-state index contributed by atoms with van der Waals surface area (Å²) in [5.41, 5.74) is 4.93. The monoisotopic (exact) mass is 382 g/mol. The fourth-order valence-electron chi connectivity index (χ4n) is 3.03. The van der Waals surface area contributed by atoms with E-state index in [-0.39, 0.29) is 23.7 Å². The third-order valence-electron chi connectivity index (χ3n) is 4.89. The van der Waals surface area contributed by atoms with Gasteiger partial charge in [0, 0.05) is 0 Å². The molecule has 0 amide bonds. The zero-order valence-corrected chi connectivity index (χ0v) is 18.0. The van der Waals surface area contributed by atoms with Crippen molar-refractivity contribution in [1.29, 1.82) is 0 Å². The molecule has 0 saturated carbocycles. The van der Waals surface area contributed by atoms with Gasteiger partial charge in [0.15, 0.2) is 0 Å². The first-order valence-corrected chi connectivity index (χ1v) is 9.74. The third kappa shape index (κ3) is 8.15. The summed E-state index contributed by atoms with van der Waals surface area (Å²) in [5.74, 6) is 0.379. The molecule has 0 radical (unpaired) electrons. The van der Waals surface area contributed by atoms with Crippen LogP contribution in [0.5, 0.6) is 0 Å². The minimum Gasteiger partial charge on any atom is -0.310 e. The van der Waals surface area contributed by atoms with Crippen LogP contribution in [0.25, 0.3) is 0 Å². The Kier molecular flexibility index (Phi) is 10.4. The molecule has 0 aromatic heterocycles. The first-order chi connectivity index (χ1) is 13.3. The Hall–Kier alpha value is -2.30. The summed E-state index contributed by atoms with van der Waals surface area (Å²) in [7, 11) is 3.65. The maximum atomic E-state index is 11.2. The Labute approximate surface area is 169 Å². The predicted octanol–water partition coefficient (Wildman–Crippen LogP) is 3.43. The van der Waals surface area contributed by atoms with Gasteiger partial charge in [-0.05, 0) is 71.3 Å². The van der Waals surface area contributed by atoms with Gasteiger partial charge in [-0.15, -0.1) is 0 Å². The molecule has 0 aliphatic carbocycles. The first kappa shape index (κ1) is 23.7. The van der Waals surface area contributed by atoms with Crippen LogP contribution in [-0.2, 0) is 22.4 Å². The Morgan fingerprint density at radius 3 is 1.89 bits per heavy atom. The number of benzene rings is 2. The second kappa shape index (κ2) is 12.2. The van der Waals surface area contributed by atoms with E-state index in [1.54, 1.807) is 13.8 Å². The topological polar surface area (TPSA) is 58.2 Å². The summed E-state index contributed by atoms with van der Waals surface area (Å²) < 4.78 is 0. The van der Waals surface area contributed by atoms with Gasteiger partial charge in [0.25, 0.3) is 0 Å². The number of carbonyl (C=O) groups is 2. The Morgan fingerprint density at radius 2 is 1.39 bits per heavy atom. The molecule has 2 N–H and O–H groups in total. The fourth-order valence-corrected chi connectivity index (χ4v) is 3.03. The number of likely N-dealkylation sites (N-methyl/N-ethyl adjacent to an activating group) is 2. The summed E-state index contributed by atoms with van der Waals surface area (Å²) >= 11 is 0. The van der Waals surface area contributed by atoms with Crippen molar-refractivity contribution in [2.24, 2.45) is 0 Å². The molecular formula is C24H34N2O2. The molecule has 0 spiro atoms. The summed E-state index contributed by atoms with van der Waals surface area (Å²) in [5, 5.41) is 6.05. The average molecular weight is 383 g/mol. The number of Topliss-reactive ketones (excluding diaryl/α,β-unsaturated/α-hetero) is 2. The van der Waals surface area contributed by atoms with Crippen molar-refractivity contribution in [2.75, 3.05) is 14.1 Å². The minimum absolute atomic E-state index is 0.0585. The molecule has 4 nitrogen and oxygen atoms in total. The Morgan fingerprint density at radius 1 is 0.821 bits per heavy atom. The lowest BCUT2D eigenvalue weighted by molar-refractivity contribution is -0.119. The molecule has 0 bridgehead atoms. The van der Waals surface area contributed by atoms with Crippen LogP contribution in [0.15, 0.2) is 48.5 Å². The van der Waals surface area contributed by atoms with Gasteiger partial charge in [-0.3, -0.25) is 9.59 Å². The smallest absolute Gasteiger partial charge is 0.147 e. The van der Waals surface area contributed by atoms with Crippen LogP contribution in [-0.4, -0.2) is 37.7 Å². The van der Waals surface area contributed by atoms with Crippen molar-refractivity contribution in [1.82, 2.24) is 10.6 Å². The van der Waals surface area contributed by atoms with E-state index in [2.05, 4.69) is 54.8 Å². The van der Waals surface area contributed by atoms with Gasteiger partial charge in [0.2, 0.25) is 0 Å². The van der Waals surface area contributed by atoms with E-state index < -0.39 is 0 Å². The van der Waals surface area contributed by atoms with E-state index in [0.717, 1.165) is 12.8 Å². The second-order valence-corrected chi connectivity index (χ2v) is 7.23. The molecule has 0 heterocycles. The molecule has 2 aromatic rings. The van der Waals surface area contributed by atoms with Gasteiger partial charge >= 0.3 is 0 Å². The molecular weight excluding hydrogens is 348 g/mol. The van der Waals surface area contributed by atoms with Gasteiger partial charge in [0.1, 0.15) is 11.6 Å². The summed E-state index contributed by atoms with van der Waals surface area (Å²) in [6.07, 6.45) is 1.55. The highest BCUT2D eigenvalue weighted by molar-refractivity contribution is 5.82. The molecule has 0 fully saturated rings. The average Bonchev–Trinajstić information content (AvgIpc) is 2.65. The van der Waals surface area contributed by atoms with Crippen LogP contribution in [0.2, 0.25) is 0 Å². The van der Waals surface area contributed by atoms with Crippen LogP contribution in [0, 0.1) is 13.8 Å². The van der Waals surface area contributed by atoms with Crippen molar-refractivity contribution in [3.63, 3.8) is 0 Å². The van der Waals surface area contributed by atoms with Gasteiger partial charge < -0.3 is 10.6 Å². The maximum Gasteiger partial charge on any atom is 0.147 e. The number of aryl methyl sites for hydroxylation is 2. The van der Waals surface area contributed by atoms with Crippen LogP contribution in [0.3, 0.4) is 0 Å². The van der Waals surface area contributed by atoms with Crippen LogP contribution in [0.4, 0.5) is 0 Å². The highest BCUT2D eigenvalue weighted by Crippen LogP contribution is 2.10. The second-order valence-electron chi connectivity index (χ2n) is 7.23. The van der Waals surface area contributed by atoms with Crippen molar-refractivity contribution < 1.29 is 9.59 Å². The molecule has 0 aliphatic rings. The van der Waals surface area contributed by atoms with Crippen molar-refractivity contribution in [3.8, 4) is 0 Å². The molecule has 2 atom stereocenters. The quantitative estimate of drug-likeness (QED) is 0.734. The summed E-state index contributed by atoms with van der Waals surface area (Å²) in [6, 6.07) is 16.3. The van der Waals surface area contributed by atoms with Gasteiger partial charge in [-0.2, -0.15) is 0 Å². The van der Waals surface area contributed by atoms with Gasteiger partial charge in [-0.25, -0.2) is 0 Å². The van der Waals surface area contributed by atoms with E-state index in [4.69, 9.17) is 0 Å². The number of hydrogen-bond donors (Lipinski definition) is 2. The highest BCUT2D eigenvalue weighted by atomic mass is 16.1.